The second-order valence-electron chi connectivity index (χ2n) is 10.6. The second-order valence-corrected chi connectivity index (χ2v) is 12.8. The van der Waals surface area contributed by atoms with Crippen LogP contribution < -0.4 is 15.5 Å². The maximum Gasteiger partial charge on any atom is 0.323 e. The number of aryl methyl sites for hydroxylation is 1. The molecule has 2 aliphatic rings. The summed E-state index contributed by atoms with van der Waals surface area (Å²) in [4.78, 5) is 24.0. The highest BCUT2D eigenvalue weighted by atomic mass is 32.2. The number of amides is 2. The van der Waals surface area contributed by atoms with Crippen LogP contribution in [0.25, 0.3) is 11.4 Å². The molecule has 2 amide bonds. The van der Waals surface area contributed by atoms with Gasteiger partial charge in [0.1, 0.15) is 16.4 Å². The molecule has 2 aromatic heterocycles. The summed E-state index contributed by atoms with van der Waals surface area (Å²) < 4.78 is 47.6. The number of benzene rings is 2. The topological polar surface area (TPSA) is 131 Å². The first-order valence-electron chi connectivity index (χ1n) is 13.6. The maximum absolute atomic E-state index is 14.0. The molecule has 2 N–H and O–H groups in total. The molecule has 0 radical (unpaired) electrons. The predicted molar refractivity (Wildman–Crippen MR) is 155 cm³/mol. The molecule has 13 heteroatoms. The molecule has 1 saturated heterocycles. The first-order chi connectivity index (χ1) is 20.1. The lowest BCUT2D eigenvalue weighted by atomic mass is 10.1. The zero-order chi connectivity index (χ0) is 29.5. The summed E-state index contributed by atoms with van der Waals surface area (Å²) >= 11 is 0. The molecule has 0 unspecified atom stereocenters. The average Bonchev–Trinajstić information content (AvgIpc) is 3.71. The smallest absolute Gasteiger partial charge is 0.323 e. The Balaban J connectivity index is 1.34. The molecule has 1 saturated carbocycles. The van der Waals surface area contributed by atoms with Crippen LogP contribution in [-0.4, -0.2) is 60.0 Å². The minimum absolute atomic E-state index is 0.0224. The molecule has 4 aromatic rings. The summed E-state index contributed by atoms with van der Waals surface area (Å²) in [6, 6.07) is 13.4. The average molecular weight is 592 g/mol. The molecule has 2 aromatic carbocycles. The summed E-state index contributed by atoms with van der Waals surface area (Å²) in [7, 11) is -2.19. The number of carbonyl (C=O) groups excluding carboxylic acids is 1. The first-order valence-corrected chi connectivity index (χ1v) is 15.0. The van der Waals surface area contributed by atoms with Gasteiger partial charge >= 0.3 is 6.03 Å². The lowest BCUT2D eigenvalue weighted by Gasteiger charge is -2.34. The van der Waals surface area contributed by atoms with E-state index < -0.39 is 26.4 Å². The van der Waals surface area contributed by atoms with E-state index in [-0.39, 0.29) is 10.9 Å². The molecule has 2 fully saturated rings. The van der Waals surface area contributed by atoms with E-state index >= 15 is 0 Å². The normalized spacial score (nSPS) is 18.0. The van der Waals surface area contributed by atoms with E-state index in [1.54, 1.807) is 54.5 Å². The summed E-state index contributed by atoms with van der Waals surface area (Å²) in [5.74, 6) is 0.346. The summed E-state index contributed by atoms with van der Waals surface area (Å²) in [6.07, 6.45) is 3.96. The van der Waals surface area contributed by atoms with Gasteiger partial charge in [-0.3, -0.25) is 4.68 Å². The minimum Gasteiger partial charge on any atom is -0.377 e. The van der Waals surface area contributed by atoms with Crippen LogP contribution in [0.4, 0.5) is 26.4 Å². The van der Waals surface area contributed by atoms with Crippen LogP contribution in [0.2, 0.25) is 0 Å². The SMILES string of the molecule is C[C@H]1COCCN1c1cc(C2(S(=O)(=O)c3cccc(F)c3)CC2)nc(-c2ccc(NC(=O)Nc3cnn(C)c3)cc2)n1. The van der Waals surface area contributed by atoms with E-state index in [1.165, 1.54) is 18.2 Å². The lowest BCUT2D eigenvalue weighted by molar-refractivity contribution is 0.0985. The molecule has 6 rings (SSSR count). The number of urea groups is 1. The Morgan fingerprint density at radius 1 is 1.07 bits per heavy atom. The number of hydrogen-bond acceptors (Lipinski definition) is 8. The van der Waals surface area contributed by atoms with Crippen LogP contribution in [0.3, 0.4) is 0 Å². The maximum atomic E-state index is 14.0. The highest BCUT2D eigenvalue weighted by molar-refractivity contribution is 7.92. The number of carbonyl (C=O) groups is 1. The van der Waals surface area contributed by atoms with Crippen LogP contribution in [0.15, 0.2) is 71.9 Å². The van der Waals surface area contributed by atoms with E-state index in [9.17, 15) is 17.6 Å². The Morgan fingerprint density at radius 3 is 2.50 bits per heavy atom. The zero-order valence-electron chi connectivity index (χ0n) is 23.1. The van der Waals surface area contributed by atoms with Crippen molar-refractivity contribution in [2.45, 2.75) is 35.4 Å². The molecule has 11 nitrogen and oxygen atoms in total. The van der Waals surface area contributed by atoms with Crippen molar-refractivity contribution in [3.05, 3.63) is 78.5 Å². The minimum atomic E-state index is -3.94. The Kier molecular flexibility index (Phi) is 7.15. The molecule has 218 valence electrons. The Hall–Kier alpha value is -4.36. The third-order valence-electron chi connectivity index (χ3n) is 7.53. The summed E-state index contributed by atoms with van der Waals surface area (Å²) in [5.41, 5.74) is 2.13. The molecular formula is C29H30FN7O4S. The van der Waals surface area contributed by atoms with Gasteiger partial charge in [0.05, 0.1) is 41.7 Å². The van der Waals surface area contributed by atoms with Crippen LogP contribution >= 0.6 is 0 Å². The van der Waals surface area contributed by atoms with Gasteiger partial charge in [0.15, 0.2) is 15.7 Å². The van der Waals surface area contributed by atoms with Crippen LogP contribution in [0, 0.1) is 5.82 Å². The van der Waals surface area contributed by atoms with E-state index in [4.69, 9.17) is 14.7 Å². The van der Waals surface area contributed by atoms with Gasteiger partial charge in [-0.2, -0.15) is 5.10 Å². The van der Waals surface area contributed by atoms with Crippen LogP contribution in [0.5, 0.6) is 0 Å². The van der Waals surface area contributed by atoms with Gasteiger partial charge in [-0.25, -0.2) is 27.6 Å². The molecular weight excluding hydrogens is 561 g/mol. The van der Waals surface area contributed by atoms with Gasteiger partial charge in [-0.15, -0.1) is 0 Å². The van der Waals surface area contributed by atoms with Gasteiger partial charge in [0.2, 0.25) is 0 Å². The van der Waals surface area contributed by atoms with Gasteiger partial charge in [0.25, 0.3) is 0 Å². The van der Waals surface area contributed by atoms with Gasteiger partial charge in [-0.1, -0.05) is 6.07 Å². The number of nitrogens with one attached hydrogen (secondary N) is 2. The predicted octanol–water partition coefficient (Wildman–Crippen LogP) is 4.35. The molecule has 1 aliphatic heterocycles. The first kappa shape index (κ1) is 27.8. The Morgan fingerprint density at radius 2 is 1.83 bits per heavy atom. The molecule has 0 spiro atoms. The van der Waals surface area contributed by atoms with Crippen molar-refractivity contribution in [2.75, 3.05) is 35.3 Å². The van der Waals surface area contributed by atoms with Crippen molar-refractivity contribution in [3.63, 3.8) is 0 Å². The quantitative estimate of drug-likeness (QED) is 0.324. The number of sulfone groups is 1. The summed E-state index contributed by atoms with van der Waals surface area (Å²) in [6.45, 7) is 3.65. The fourth-order valence-electron chi connectivity index (χ4n) is 5.13. The lowest BCUT2D eigenvalue weighted by Crippen LogP contribution is -2.44. The fourth-order valence-corrected chi connectivity index (χ4v) is 7.13. The van der Waals surface area contributed by atoms with E-state index in [1.807, 2.05) is 6.92 Å². The molecule has 1 aliphatic carbocycles. The highest BCUT2D eigenvalue weighted by Gasteiger charge is 2.58. The monoisotopic (exact) mass is 591 g/mol. The van der Waals surface area contributed by atoms with E-state index in [2.05, 4.69) is 20.6 Å². The van der Waals surface area contributed by atoms with Crippen molar-refractivity contribution in [2.24, 2.45) is 7.05 Å². The molecule has 0 bridgehead atoms. The van der Waals surface area contributed by atoms with Crippen molar-refractivity contribution >= 4 is 33.1 Å². The van der Waals surface area contributed by atoms with E-state index in [0.29, 0.717) is 66.9 Å². The third kappa shape index (κ3) is 5.32. The number of aromatic nitrogens is 4. The second kappa shape index (κ2) is 10.8. The van der Waals surface area contributed by atoms with Gasteiger partial charge in [-0.05, 0) is 62.2 Å². The number of morpholine rings is 1. The van der Waals surface area contributed by atoms with Gasteiger partial charge in [0, 0.05) is 37.1 Å². The Labute approximate surface area is 242 Å². The number of ether oxygens (including phenoxy) is 1. The van der Waals surface area contributed by atoms with E-state index in [0.717, 1.165) is 6.07 Å². The zero-order valence-corrected chi connectivity index (χ0v) is 23.9. The van der Waals surface area contributed by atoms with Crippen molar-refractivity contribution < 1.29 is 22.3 Å². The number of halogens is 1. The molecule has 1 atom stereocenters. The molecule has 42 heavy (non-hydrogen) atoms. The fraction of sp³-hybridized carbons (Fsp3) is 0.310. The largest absolute Gasteiger partial charge is 0.377 e. The highest BCUT2D eigenvalue weighted by Crippen LogP contribution is 2.55. The Bertz CT molecular complexity index is 1740. The summed E-state index contributed by atoms with van der Waals surface area (Å²) in [5, 5.41) is 9.52. The van der Waals surface area contributed by atoms with Crippen LogP contribution in [0.1, 0.15) is 25.5 Å². The number of rotatable bonds is 7. The van der Waals surface area contributed by atoms with Gasteiger partial charge < -0.3 is 20.3 Å². The third-order valence-corrected chi connectivity index (χ3v) is 10.1. The molecule has 3 heterocycles. The van der Waals surface area contributed by atoms with Crippen molar-refractivity contribution in [3.8, 4) is 11.4 Å². The number of hydrogen-bond donors (Lipinski definition) is 2. The van der Waals surface area contributed by atoms with Crippen molar-refractivity contribution in [1.29, 1.82) is 0 Å². The number of nitrogens with zero attached hydrogens (tertiary/aromatic N) is 5. The standard InChI is InChI=1S/C29H30FN7O4S/c1-19-18-41-13-12-37(19)26-15-25(29(10-11-29)42(39,40)24-5-3-4-21(30)14-24)34-27(35-26)20-6-8-22(9-7-20)32-28(38)33-23-16-31-36(2)17-23/h3-9,14-17,19H,10-13,18H2,1-2H3,(H2,32,33,38)/t19-/m0/s1. The van der Waals surface area contributed by atoms with Crippen molar-refractivity contribution in [1.82, 2.24) is 19.7 Å². The number of anilines is 3. The van der Waals surface area contributed by atoms with Crippen LogP contribution in [-0.2, 0) is 26.4 Å².